The molecule has 1 heterocycles. The van der Waals surface area contributed by atoms with E-state index in [-0.39, 0.29) is 11.2 Å². The fraction of sp³-hybridized carbons (Fsp3) is 0.300. The standard InChI is InChI=1S/C10H10ClNOS/c11-8-3-1-7(2-4-8)9-10(13)12-5-6-14-9/h1-4,9H,5-6H2,(H,12,13). The van der Waals surface area contributed by atoms with Crippen LogP contribution in [0.3, 0.4) is 0 Å². The lowest BCUT2D eigenvalue weighted by Crippen LogP contribution is -2.34. The zero-order valence-electron chi connectivity index (χ0n) is 7.50. The summed E-state index contributed by atoms with van der Waals surface area (Å²) < 4.78 is 0. The number of hydrogen-bond acceptors (Lipinski definition) is 2. The van der Waals surface area contributed by atoms with Gasteiger partial charge in [-0.15, -0.1) is 11.8 Å². The Morgan fingerprint density at radius 3 is 2.71 bits per heavy atom. The van der Waals surface area contributed by atoms with Crippen molar-refractivity contribution in [2.24, 2.45) is 0 Å². The molecule has 1 unspecified atom stereocenters. The zero-order valence-corrected chi connectivity index (χ0v) is 9.07. The van der Waals surface area contributed by atoms with Gasteiger partial charge in [-0.25, -0.2) is 0 Å². The lowest BCUT2D eigenvalue weighted by Gasteiger charge is -2.21. The molecule has 2 rings (SSSR count). The van der Waals surface area contributed by atoms with Gasteiger partial charge in [0.2, 0.25) is 5.91 Å². The minimum Gasteiger partial charge on any atom is -0.354 e. The summed E-state index contributed by atoms with van der Waals surface area (Å²) in [5, 5.41) is 3.49. The molecule has 1 aliphatic rings. The number of carbonyl (C=O) groups is 1. The van der Waals surface area contributed by atoms with E-state index in [1.165, 1.54) is 0 Å². The summed E-state index contributed by atoms with van der Waals surface area (Å²) in [7, 11) is 0. The molecule has 2 nitrogen and oxygen atoms in total. The summed E-state index contributed by atoms with van der Waals surface area (Å²) in [5.41, 5.74) is 1.02. The van der Waals surface area contributed by atoms with Crippen molar-refractivity contribution in [1.29, 1.82) is 0 Å². The van der Waals surface area contributed by atoms with Gasteiger partial charge in [-0.05, 0) is 17.7 Å². The lowest BCUT2D eigenvalue weighted by molar-refractivity contribution is -0.120. The molecule has 14 heavy (non-hydrogen) atoms. The molecule has 0 bridgehead atoms. The molecule has 0 spiro atoms. The SMILES string of the molecule is O=C1NCCSC1c1ccc(Cl)cc1. The Hall–Kier alpha value is -0.670. The van der Waals surface area contributed by atoms with Crippen LogP contribution in [-0.4, -0.2) is 18.2 Å². The molecule has 0 radical (unpaired) electrons. The van der Waals surface area contributed by atoms with Gasteiger partial charge >= 0.3 is 0 Å². The first-order chi connectivity index (χ1) is 6.77. The highest BCUT2D eigenvalue weighted by atomic mass is 35.5. The van der Waals surface area contributed by atoms with Crippen LogP contribution in [-0.2, 0) is 4.79 Å². The summed E-state index contributed by atoms with van der Waals surface area (Å²) in [6.45, 7) is 0.771. The van der Waals surface area contributed by atoms with Crippen molar-refractivity contribution >= 4 is 29.3 Å². The number of carbonyl (C=O) groups excluding carboxylic acids is 1. The van der Waals surface area contributed by atoms with Crippen LogP contribution < -0.4 is 5.32 Å². The fourth-order valence-corrected chi connectivity index (χ4v) is 2.57. The van der Waals surface area contributed by atoms with Crippen molar-refractivity contribution in [2.75, 3.05) is 12.3 Å². The van der Waals surface area contributed by atoms with Crippen molar-refractivity contribution in [2.45, 2.75) is 5.25 Å². The molecule has 0 saturated carbocycles. The average Bonchev–Trinajstić information content (AvgIpc) is 2.20. The molecule has 74 valence electrons. The molecule has 1 fully saturated rings. The molecule has 1 amide bonds. The topological polar surface area (TPSA) is 29.1 Å². The maximum absolute atomic E-state index is 11.5. The second-order valence-corrected chi connectivity index (χ2v) is 4.74. The average molecular weight is 228 g/mol. The maximum Gasteiger partial charge on any atom is 0.237 e. The number of amides is 1. The molecular weight excluding hydrogens is 218 g/mol. The number of halogens is 1. The Balaban J connectivity index is 2.20. The quantitative estimate of drug-likeness (QED) is 0.798. The Labute approximate surface area is 92.0 Å². The van der Waals surface area contributed by atoms with E-state index in [2.05, 4.69) is 5.32 Å². The van der Waals surface area contributed by atoms with Crippen LogP contribution in [0.5, 0.6) is 0 Å². The number of benzene rings is 1. The summed E-state index contributed by atoms with van der Waals surface area (Å²) >= 11 is 7.45. The molecule has 1 aliphatic heterocycles. The van der Waals surface area contributed by atoms with Crippen LogP contribution in [0.15, 0.2) is 24.3 Å². The van der Waals surface area contributed by atoms with Crippen LogP contribution in [0.25, 0.3) is 0 Å². The summed E-state index contributed by atoms with van der Waals surface area (Å²) in [6.07, 6.45) is 0. The number of hydrogen-bond donors (Lipinski definition) is 1. The van der Waals surface area contributed by atoms with Gasteiger partial charge in [0.15, 0.2) is 0 Å². The smallest absolute Gasteiger partial charge is 0.237 e. The van der Waals surface area contributed by atoms with E-state index >= 15 is 0 Å². The maximum atomic E-state index is 11.5. The van der Waals surface area contributed by atoms with Crippen molar-refractivity contribution < 1.29 is 4.79 Å². The molecule has 1 atom stereocenters. The van der Waals surface area contributed by atoms with Crippen LogP contribution in [0.2, 0.25) is 5.02 Å². The van der Waals surface area contributed by atoms with Crippen molar-refractivity contribution in [1.82, 2.24) is 5.32 Å². The summed E-state index contributed by atoms with van der Waals surface area (Å²) in [5.74, 6) is 1.07. The Morgan fingerprint density at radius 1 is 1.36 bits per heavy atom. The van der Waals surface area contributed by atoms with Crippen LogP contribution in [0.4, 0.5) is 0 Å². The third kappa shape index (κ3) is 2.04. The Bertz CT molecular complexity index is 338. The van der Waals surface area contributed by atoms with Crippen molar-refractivity contribution in [3.05, 3.63) is 34.9 Å². The molecule has 1 aromatic rings. The van der Waals surface area contributed by atoms with Gasteiger partial charge in [0, 0.05) is 17.3 Å². The molecule has 0 aliphatic carbocycles. The second kappa shape index (κ2) is 4.24. The van der Waals surface area contributed by atoms with E-state index in [1.54, 1.807) is 11.8 Å². The molecule has 1 N–H and O–H groups in total. The van der Waals surface area contributed by atoms with Crippen LogP contribution >= 0.6 is 23.4 Å². The minimum atomic E-state index is -0.0685. The van der Waals surface area contributed by atoms with E-state index in [1.807, 2.05) is 24.3 Å². The van der Waals surface area contributed by atoms with Gasteiger partial charge < -0.3 is 5.32 Å². The van der Waals surface area contributed by atoms with E-state index in [9.17, 15) is 4.79 Å². The number of rotatable bonds is 1. The summed E-state index contributed by atoms with van der Waals surface area (Å²) in [6, 6.07) is 7.45. The van der Waals surface area contributed by atoms with Gasteiger partial charge in [0.05, 0.1) is 0 Å². The highest BCUT2D eigenvalue weighted by Gasteiger charge is 2.23. The Kier molecular flexibility index (Phi) is 2.99. The predicted octanol–water partition coefficient (Wildman–Crippen LogP) is 2.24. The van der Waals surface area contributed by atoms with Gasteiger partial charge in [0.25, 0.3) is 0 Å². The third-order valence-corrected chi connectivity index (χ3v) is 3.61. The monoisotopic (exact) mass is 227 g/mol. The molecular formula is C10H10ClNOS. The molecule has 1 aromatic carbocycles. The van der Waals surface area contributed by atoms with Crippen molar-refractivity contribution in [3.8, 4) is 0 Å². The van der Waals surface area contributed by atoms with Gasteiger partial charge in [-0.2, -0.15) is 0 Å². The molecule has 1 saturated heterocycles. The van der Waals surface area contributed by atoms with Gasteiger partial charge in [0.1, 0.15) is 5.25 Å². The minimum absolute atomic E-state index is 0.0685. The highest BCUT2D eigenvalue weighted by Crippen LogP contribution is 2.31. The van der Waals surface area contributed by atoms with Crippen LogP contribution in [0.1, 0.15) is 10.8 Å². The van der Waals surface area contributed by atoms with Crippen LogP contribution in [0, 0.1) is 0 Å². The number of nitrogens with one attached hydrogen (secondary N) is 1. The zero-order chi connectivity index (χ0) is 9.97. The van der Waals surface area contributed by atoms with Gasteiger partial charge in [-0.3, -0.25) is 4.79 Å². The van der Waals surface area contributed by atoms with Crippen molar-refractivity contribution in [3.63, 3.8) is 0 Å². The molecule has 4 heteroatoms. The largest absolute Gasteiger partial charge is 0.354 e. The van der Waals surface area contributed by atoms with E-state index in [0.29, 0.717) is 5.02 Å². The van der Waals surface area contributed by atoms with Gasteiger partial charge in [-0.1, -0.05) is 23.7 Å². The first kappa shape index (κ1) is 9.87. The van der Waals surface area contributed by atoms with E-state index < -0.39 is 0 Å². The molecule has 0 aromatic heterocycles. The summed E-state index contributed by atoms with van der Waals surface area (Å²) in [4.78, 5) is 11.5. The first-order valence-corrected chi connectivity index (χ1v) is 5.85. The fourth-order valence-electron chi connectivity index (χ4n) is 1.40. The third-order valence-electron chi connectivity index (χ3n) is 2.10. The second-order valence-electron chi connectivity index (χ2n) is 3.09. The first-order valence-electron chi connectivity index (χ1n) is 4.42. The van der Waals surface area contributed by atoms with E-state index in [4.69, 9.17) is 11.6 Å². The Morgan fingerprint density at radius 2 is 2.07 bits per heavy atom. The lowest BCUT2D eigenvalue weighted by atomic mass is 10.1. The highest BCUT2D eigenvalue weighted by molar-refractivity contribution is 8.00. The normalized spacial score (nSPS) is 21.8. The van der Waals surface area contributed by atoms with E-state index in [0.717, 1.165) is 17.9 Å². The predicted molar refractivity (Wildman–Crippen MR) is 59.7 cm³/mol. The number of thioether (sulfide) groups is 1.